The summed E-state index contributed by atoms with van der Waals surface area (Å²) in [6.07, 6.45) is 1.15. The van der Waals surface area contributed by atoms with Crippen molar-refractivity contribution >= 4 is 5.97 Å². The first-order chi connectivity index (χ1) is 6.98. The number of H-pyrrole nitrogens is 1. The number of carbonyl (C=O) groups is 1. The Kier molecular flexibility index (Phi) is 3.21. The van der Waals surface area contributed by atoms with Crippen molar-refractivity contribution in [2.75, 3.05) is 6.67 Å². The molecule has 0 aliphatic rings. The van der Waals surface area contributed by atoms with Crippen molar-refractivity contribution in [1.82, 2.24) is 4.98 Å². The van der Waals surface area contributed by atoms with Gasteiger partial charge in [0, 0.05) is 18.7 Å². The minimum atomic E-state index is -1.93. The normalized spacial score (nSPS) is 14.5. The predicted molar refractivity (Wildman–Crippen MR) is 51.3 cm³/mol. The van der Waals surface area contributed by atoms with E-state index in [2.05, 4.69) is 4.98 Å². The number of pyridine rings is 1. The van der Waals surface area contributed by atoms with Gasteiger partial charge in [-0.3, -0.25) is 9.59 Å². The van der Waals surface area contributed by atoms with Gasteiger partial charge < -0.3 is 15.8 Å². The molecule has 0 saturated heterocycles. The number of aliphatic carboxylic acids is 1. The van der Waals surface area contributed by atoms with Gasteiger partial charge in [-0.1, -0.05) is 6.07 Å². The zero-order chi connectivity index (χ0) is 11.5. The van der Waals surface area contributed by atoms with Crippen LogP contribution in [0.5, 0.6) is 0 Å². The number of aromatic nitrogens is 1. The molecule has 1 aromatic heterocycles. The molecule has 0 bridgehead atoms. The molecular formula is C9H11FN2O3. The van der Waals surface area contributed by atoms with Crippen molar-refractivity contribution in [3.8, 4) is 0 Å². The maximum Gasteiger partial charge on any atom is 0.326 e. The number of hydrogen-bond acceptors (Lipinski definition) is 3. The van der Waals surface area contributed by atoms with Gasteiger partial charge in [-0.25, -0.2) is 4.39 Å². The number of nitrogens with one attached hydrogen (secondary N) is 1. The van der Waals surface area contributed by atoms with Crippen LogP contribution >= 0.6 is 0 Å². The van der Waals surface area contributed by atoms with Gasteiger partial charge in [0.1, 0.15) is 12.2 Å². The van der Waals surface area contributed by atoms with Crippen molar-refractivity contribution in [3.05, 3.63) is 34.2 Å². The van der Waals surface area contributed by atoms with Crippen LogP contribution in [-0.2, 0) is 11.2 Å². The second-order valence-corrected chi connectivity index (χ2v) is 3.33. The number of carboxylic acids is 1. The highest BCUT2D eigenvalue weighted by Gasteiger charge is 2.34. The Labute approximate surface area is 84.7 Å². The fourth-order valence-electron chi connectivity index (χ4n) is 1.10. The van der Waals surface area contributed by atoms with Gasteiger partial charge in [0.2, 0.25) is 5.56 Å². The summed E-state index contributed by atoms with van der Waals surface area (Å²) in [5, 5.41) is 8.71. The van der Waals surface area contributed by atoms with Crippen molar-refractivity contribution in [2.24, 2.45) is 5.73 Å². The van der Waals surface area contributed by atoms with Crippen LogP contribution in [-0.4, -0.2) is 28.3 Å². The van der Waals surface area contributed by atoms with Gasteiger partial charge in [0.15, 0.2) is 0 Å². The molecule has 0 fully saturated rings. The molecule has 0 aromatic carbocycles. The van der Waals surface area contributed by atoms with Gasteiger partial charge in [-0.15, -0.1) is 0 Å². The van der Waals surface area contributed by atoms with E-state index in [0.717, 1.165) is 0 Å². The van der Waals surface area contributed by atoms with Crippen LogP contribution in [0.2, 0.25) is 0 Å². The molecule has 1 atom stereocenters. The lowest BCUT2D eigenvalue weighted by Gasteiger charge is -2.20. The average Bonchev–Trinajstić information content (AvgIpc) is 2.21. The summed E-state index contributed by atoms with van der Waals surface area (Å²) < 4.78 is 12.5. The molecule has 0 radical (unpaired) electrons. The van der Waals surface area contributed by atoms with E-state index in [4.69, 9.17) is 10.8 Å². The maximum absolute atomic E-state index is 12.5. The zero-order valence-corrected chi connectivity index (χ0v) is 7.87. The van der Waals surface area contributed by atoms with Gasteiger partial charge in [0.05, 0.1) is 0 Å². The van der Waals surface area contributed by atoms with E-state index >= 15 is 0 Å². The fourth-order valence-corrected chi connectivity index (χ4v) is 1.10. The second-order valence-electron chi connectivity index (χ2n) is 3.33. The second kappa shape index (κ2) is 4.22. The van der Waals surface area contributed by atoms with Gasteiger partial charge in [0.25, 0.3) is 0 Å². The molecule has 0 aliphatic heterocycles. The predicted octanol–water partition coefficient (Wildman–Crippen LogP) is -0.331. The Hall–Kier alpha value is -1.69. The summed E-state index contributed by atoms with van der Waals surface area (Å²) in [5.41, 5.74) is 3.57. The first-order valence-corrected chi connectivity index (χ1v) is 4.24. The van der Waals surface area contributed by atoms with E-state index in [1.165, 1.54) is 18.3 Å². The lowest BCUT2D eigenvalue weighted by Crippen LogP contribution is -2.52. The first kappa shape index (κ1) is 11.4. The van der Waals surface area contributed by atoms with Crippen molar-refractivity contribution in [1.29, 1.82) is 0 Å². The van der Waals surface area contributed by atoms with Crippen molar-refractivity contribution in [3.63, 3.8) is 0 Å². The Morgan fingerprint density at radius 1 is 1.60 bits per heavy atom. The molecule has 1 heterocycles. The fraction of sp³-hybridized carbons (Fsp3) is 0.333. The van der Waals surface area contributed by atoms with Crippen LogP contribution < -0.4 is 11.3 Å². The van der Waals surface area contributed by atoms with Gasteiger partial charge in [-0.05, 0) is 5.56 Å². The Balaban J connectivity index is 2.89. The molecule has 82 valence electrons. The van der Waals surface area contributed by atoms with E-state index in [1.807, 2.05) is 0 Å². The Morgan fingerprint density at radius 2 is 2.27 bits per heavy atom. The highest BCUT2D eigenvalue weighted by molar-refractivity contribution is 5.79. The summed E-state index contributed by atoms with van der Waals surface area (Å²) >= 11 is 0. The highest BCUT2D eigenvalue weighted by Crippen LogP contribution is 2.10. The molecule has 5 nitrogen and oxygen atoms in total. The minimum Gasteiger partial charge on any atom is -0.480 e. The topological polar surface area (TPSA) is 96.2 Å². The molecule has 0 spiro atoms. The van der Waals surface area contributed by atoms with Crippen molar-refractivity contribution < 1.29 is 14.3 Å². The molecule has 1 rings (SSSR count). The smallest absolute Gasteiger partial charge is 0.326 e. The van der Waals surface area contributed by atoms with Gasteiger partial charge in [-0.2, -0.15) is 0 Å². The minimum absolute atomic E-state index is 0.171. The number of alkyl halides is 1. The van der Waals surface area contributed by atoms with Crippen LogP contribution in [0, 0.1) is 0 Å². The molecule has 1 unspecified atom stereocenters. The number of aromatic amines is 1. The number of nitrogens with two attached hydrogens (primary N) is 1. The number of rotatable bonds is 4. The van der Waals surface area contributed by atoms with E-state index in [0.29, 0.717) is 5.56 Å². The standard InChI is InChI=1S/C9H11FN2O3/c10-5-9(11,8(14)15)3-6-1-2-7(13)12-4-6/h1-2,4H,3,5,11H2,(H,12,13)(H,14,15). The third-order valence-electron chi connectivity index (χ3n) is 2.03. The summed E-state index contributed by atoms with van der Waals surface area (Å²) in [4.78, 5) is 23.8. The monoisotopic (exact) mass is 214 g/mol. The summed E-state index contributed by atoms with van der Waals surface area (Å²) in [7, 11) is 0. The van der Waals surface area contributed by atoms with E-state index in [-0.39, 0.29) is 12.0 Å². The Bertz CT molecular complexity index is 398. The SMILES string of the molecule is NC(CF)(Cc1ccc(=O)[nH]c1)C(=O)O. The van der Waals surface area contributed by atoms with Crippen LogP contribution in [0.3, 0.4) is 0 Å². The number of halogens is 1. The number of hydrogen-bond donors (Lipinski definition) is 3. The summed E-state index contributed by atoms with van der Waals surface area (Å²) in [6, 6.07) is 2.65. The largest absolute Gasteiger partial charge is 0.480 e. The maximum atomic E-state index is 12.5. The third-order valence-corrected chi connectivity index (χ3v) is 2.03. The molecule has 4 N–H and O–H groups in total. The van der Waals surface area contributed by atoms with E-state index in [1.54, 1.807) is 0 Å². The van der Waals surface area contributed by atoms with Crippen LogP contribution in [0.15, 0.2) is 23.1 Å². The van der Waals surface area contributed by atoms with Crippen LogP contribution in [0.25, 0.3) is 0 Å². The lowest BCUT2D eigenvalue weighted by molar-refractivity contribution is -0.143. The molecular weight excluding hydrogens is 203 g/mol. The molecule has 0 saturated carbocycles. The van der Waals surface area contributed by atoms with Crippen LogP contribution in [0.1, 0.15) is 5.56 Å². The average molecular weight is 214 g/mol. The first-order valence-electron chi connectivity index (χ1n) is 4.24. The molecule has 0 aliphatic carbocycles. The quantitative estimate of drug-likeness (QED) is 0.639. The number of carboxylic acid groups (broad SMARTS) is 1. The highest BCUT2D eigenvalue weighted by atomic mass is 19.1. The molecule has 0 amide bonds. The zero-order valence-electron chi connectivity index (χ0n) is 7.87. The summed E-state index contributed by atoms with van der Waals surface area (Å²) in [6.45, 7) is -1.17. The summed E-state index contributed by atoms with van der Waals surface area (Å²) in [5.74, 6) is -1.41. The molecule has 6 heteroatoms. The van der Waals surface area contributed by atoms with E-state index in [9.17, 15) is 14.0 Å². The molecule has 15 heavy (non-hydrogen) atoms. The third kappa shape index (κ3) is 2.63. The van der Waals surface area contributed by atoms with Crippen LogP contribution in [0.4, 0.5) is 4.39 Å². The lowest BCUT2D eigenvalue weighted by atomic mass is 9.94. The van der Waals surface area contributed by atoms with Crippen molar-refractivity contribution in [2.45, 2.75) is 12.0 Å². The van der Waals surface area contributed by atoms with Gasteiger partial charge >= 0.3 is 5.97 Å². The van der Waals surface area contributed by atoms with E-state index < -0.39 is 18.2 Å². The Morgan fingerprint density at radius 3 is 2.67 bits per heavy atom. The molecule has 1 aromatic rings.